The van der Waals surface area contributed by atoms with E-state index in [0.29, 0.717) is 11.9 Å². The normalized spacial score (nSPS) is 18.4. The highest BCUT2D eigenvalue weighted by Gasteiger charge is 2.20. The lowest BCUT2D eigenvalue weighted by atomic mass is 9.87. The number of anilines is 3. The fraction of sp³-hybridized carbons (Fsp3) is 0.269. The Morgan fingerprint density at radius 2 is 1.69 bits per heavy atom. The van der Waals surface area contributed by atoms with Gasteiger partial charge in [0.05, 0.1) is 17.4 Å². The fourth-order valence-corrected chi connectivity index (χ4v) is 4.33. The number of nitrogens with one attached hydrogen (secondary N) is 2. The number of hydrogen-bond donors (Lipinski definition) is 3. The van der Waals surface area contributed by atoms with Gasteiger partial charge in [-0.1, -0.05) is 42.5 Å². The van der Waals surface area contributed by atoms with E-state index in [1.165, 1.54) is 5.39 Å². The number of aliphatic hydroxyl groups is 1. The number of aromatic nitrogens is 3. The Hall–Kier alpha value is -3.51. The average Bonchev–Trinajstić information content (AvgIpc) is 2.85. The molecule has 1 fully saturated rings. The Kier molecular flexibility index (Phi) is 5.94. The predicted octanol–water partition coefficient (Wildman–Crippen LogP) is 5.40. The van der Waals surface area contributed by atoms with E-state index in [1.807, 2.05) is 48.7 Å². The molecule has 0 aliphatic heterocycles. The molecule has 6 heteroatoms. The van der Waals surface area contributed by atoms with Crippen LogP contribution in [0.5, 0.6) is 0 Å². The number of hydrogen-bond acceptors (Lipinski definition) is 6. The number of benzene rings is 2. The third-order valence-electron chi connectivity index (χ3n) is 6.14. The molecule has 162 valence electrons. The SMILES string of the molecule is OC1CCC(CNc2nc(Nc3cccc4ccccc34)ncc2-c2ccccn2)CC1. The molecule has 1 saturated carbocycles. The molecule has 6 nitrogen and oxygen atoms in total. The molecule has 4 aromatic rings. The van der Waals surface area contributed by atoms with Gasteiger partial charge in [0.2, 0.25) is 5.95 Å². The first-order valence-corrected chi connectivity index (χ1v) is 11.2. The van der Waals surface area contributed by atoms with Gasteiger partial charge < -0.3 is 15.7 Å². The monoisotopic (exact) mass is 425 g/mol. The zero-order valence-electron chi connectivity index (χ0n) is 17.9. The molecule has 1 aliphatic carbocycles. The Morgan fingerprint density at radius 1 is 0.875 bits per heavy atom. The maximum atomic E-state index is 9.80. The topological polar surface area (TPSA) is 83.0 Å². The molecular weight excluding hydrogens is 398 g/mol. The molecule has 2 aromatic heterocycles. The van der Waals surface area contributed by atoms with Crippen molar-refractivity contribution >= 4 is 28.2 Å². The van der Waals surface area contributed by atoms with Crippen LogP contribution in [-0.4, -0.2) is 32.7 Å². The van der Waals surface area contributed by atoms with Gasteiger partial charge in [0.15, 0.2) is 0 Å². The van der Waals surface area contributed by atoms with Crippen LogP contribution in [0.1, 0.15) is 25.7 Å². The Labute approximate surface area is 187 Å². The largest absolute Gasteiger partial charge is 0.393 e. The first-order valence-electron chi connectivity index (χ1n) is 11.2. The molecule has 1 aliphatic rings. The van der Waals surface area contributed by atoms with E-state index < -0.39 is 0 Å². The highest BCUT2D eigenvalue weighted by Crippen LogP contribution is 2.30. The Bertz CT molecular complexity index is 1180. The number of rotatable bonds is 6. The summed E-state index contributed by atoms with van der Waals surface area (Å²) in [7, 11) is 0. The van der Waals surface area contributed by atoms with Crippen molar-refractivity contribution in [1.82, 2.24) is 15.0 Å². The summed E-state index contributed by atoms with van der Waals surface area (Å²) in [5.74, 6) is 1.84. The summed E-state index contributed by atoms with van der Waals surface area (Å²) in [5, 5.41) is 19.0. The van der Waals surface area contributed by atoms with Gasteiger partial charge in [-0.3, -0.25) is 4.98 Å². The van der Waals surface area contributed by atoms with Gasteiger partial charge in [-0.2, -0.15) is 4.98 Å². The number of pyridine rings is 1. The molecule has 0 unspecified atom stereocenters. The summed E-state index contributed by atoms with van der Waals surface area (Å²) in [6, 6.07) is 20.3. The predicted molar refractivity (Wildman–Crippen MR) is 129 cm³/mol. The van der Waals surface area contributed by atoms with E-state index in [0.717, 1.165) is 60.4 Å². The van der Waals surface area contributed by atoms with Crippen LogP contribution < -0.4 is 10.6 Å². The van der Waals surface area contributed by atoms with E-state index >= 15 is 0 Å². The van der Waals surface area contributed by atoms with Crippen molar-refractivity contribution < 1.29 is 5.11 Å². The van der Waals surface area contributed by atoms with Crippen molar-refractivity contribution in [2.75, 3.05) is 17.2 Å². The van der Waals surface area contributed by atoms with Crippen molar-refractivity contribution in [3.05, 3.63) is 73.1 Å². The minimum atomic E-state index is -0.147. The lowest BCUT2D eigenvalue weighted by molar-refractivity contribution is 0.111. The van der Waals surface area contributed by atoms with Crippen LogP contribution in [0.4, 0.5) is 17.5 Å². The van der Waals surface area contributed by atoms with Crippen LogP contribution in [0.3, 0.4) is 0 Å². The molecule has 2 heterocycles. The molecule has 0 bridgehead atoms. The molecular formula is C26H27N5O. The average molecular weight is 426 g/mol. The summed E-state index contributed by atoms with van der Waals surface area (Å²) in [6.45, 7) is 0.817. The van der Waals surface area contributed by atoms with Crippen LogP contribution in [0, 0.1) is 5.92 Å². The van der Waals surface area contributed by atoms with Gasteiger partial charge in [-0.25, -0.2) is 4.98 Å². The Balaban J connectivity index is 1.43. The maximum absolute atomic E-state index is 9.80. The van der Waals surface area contributed by atoms with Gasteiger partial charge in [0.25, 0.3) is 0 Å². The second-order valence-corrected chi connectivity index (χ2v) is 8.38. The highest BCUT2D eigenvalue weighted by molar-refractivity contribution is 5.95. The second kappa shape index (κ2) is 9.32. The zero-order chi connectivity index (χ0) is 21.8. The number of aliphatic hydroxyl groups excluding tert-OH is 1. The second-order valence-electron chi connectivity index (χ2n) is 8.38. The van der Waals surface area contributed by atoms with Crippen molar-refractivity contribution in [1.29, 1.82) is 0 Å². The minimum absolute atomic E-state index is 0.147. The molecule has 0 spiro atoms. The maximum Gasteiger partial charge on any atom is 0.229 e. The van der Waals surface area contributed by atoms with E-state index in [2.05, 4.69) is 38.8 Å². The third kappa shape index (κ3) is 4.55. The summed E-state index contributed by atoms with van der Waals surface area (Å²) >= 11 is 0. The van der Waals surface area contributed by atoms with Crippen LogP contribution in [0.15, 0.2) is 73.1 Å². The molecule has 0 saturated heterocycles. The van der Waals surface area contributed by atoms with Gasteiger partial charge in [0.1, 0.15) is 5.82 Å². The number of nitrogens with zero attached hydrogens (tertiary/aromatic N) is 3. The summed E-state index contributed by atoms with van der Waals surface area (Å²) in [5.41, 5.74) is 2.69. The molecule has 2 aromatic carbocycles. The fourth-order valence-electron chi connectivity index (χ4n) is 4.33. The van der Waals surface area contributed by atoms with Crippen molar-refractivity contribution in [3.8, 4) is 11.3 Å². The van der Waals surface area contributed by atoms with Gasteiger partial charge >= 0.3 is 0 Å². The Morgan fingerprint density at radius 3 is 2.53 bits per heavy atom. The first kappa shape index (κ1) is 20.4. The quantitative estimate of drug-likeness (QED) is 0.384. The molecule has 5 rings (SSSR count). The third-order valence-corrected chi connectivity index (χ3v) is 6.14. The van der Waals surface area contributed by atoms with Crippen molar-refractivity contribution in [3.63, 3.8) is 0 Å². The smallest absolute Gasteiger partial charge is 0.229 e. The van der Waals surface area contributed by atoms with Crippen LogP contribution in [0.25, 0.3) is 22.0 Å². The van der Waals surface area contributed by atoms with E-state index in [1.54, 1.807) is 6.20 Å². The highest BCUT2D eigenvalue weighted by atomic mass is 16.3. The summed E-state index contributed by atoms with van der Waals surface area (Å²) in [6.07, 6.45) is 7.26. The molecule has 32 heavy (non-hydrogen) atoms. The van der Waals surface area contributed by atoms with Crippen molar-refractivity contribution in [2.45, 2.75) is 31.8 Å². The summed E-state index contributed by atoms with van der Waals surface area (Å²) in [4.78, 5) is 13.9. The summed E-state index contributed by atoms with van der Waals surface area (Å²) < 4.78 is 0. The van der Waals surface area contributed by atoms with Gasteiger partial charge in [-0.05, 0) is 55.2 Å². The van der Waals surface area contributed by atoms with Crippen LogP contribution in [-0.2, 0) is 0 Å². The molecule has 0 atom stereocenters. The standard InChI is InChI=1S/C26H27N5O/c32-20-13-11-18(12-14-20)16-28-25-22(23-9-3-4-15-27-23)17-29-26(31-25)30-24-10-5-7-19-6-1-2-8-21(19)24/h1-10,15,17-18,20,32H,11-14,16H2,(H2,28,29,30,31). The lowest BCUT2D eigenvalue weighted by Crippen LogP contribution is -2.24. The first-order chi connectivity index (χ1) is 15.8. The van der Waals surface area contributed by atoms with Gasteiger partial charge in [-0.15, -0.1) is 0 Å². The van der Waals surface area contributed by atoms with E-state index in [-0.39, 0.29) is 6.10 Å². The molecule has 0 radical (unpaired) electrons. The van der Waals surface area contributed by atoms with E-state index in [4.69, 9.17) is 4.98 Å². The van der Waals surface area contributed by atoms with Crippen molar-refractivity contribution in [2.24, 2.45) is 5.92 Å². The van der Waals surface area contributed by atoms with Crippen LogP contribution >= 0.6 is 0 Å². The van der Waals surface area contributed by atoms with Crippen LogP contribution in [0.2, 0.25) is 0 Å². The number of fused-ring (bicyclic) bond motifs is 1. The molecule has 3 N–H and O–H groups in total. The minimum Gasteiger partial charge on any atom is -0.393 e. The molecule has 0 amide bonds. The van der Waals surface area contributed by atoms with Gasteiger partial charge in [0, 0.05) is 30.0 Å². The lowest BCUT2D eigenvalue weighted by Gasteiger charge is -2.26. The zero-order valence-corrected chi connectivity index (χ0v) is 17.9. The van der Waals surface area contributed by atoms with E-state index in [9.17, 15) is 5.11 Å².